The Morgan fingerprint density at radius 1 is 1.11 bits per heavy atom. The van der Waals surface area contributed by atoms with Crippen LogP contribution < -0.4 is 5.32 Å². The first-order chi connectivity index (χ1) is 17.3. The number of carbonyl (C=O) groups is 2. The molecule has 5 nitrogen and oxygen atoms in total. The Kier molecular flexibility index (Phi) is 9.11. The smallest absolute Gasteiger partial charge is 0.309 e. The summed E-state index contributed by atoms with van der Waals surface area (Å²) in [5, 5.41) is 15.6. The summed E-state index contributed by atoms with van der Waals surface area (Å²) in [6, 6.07) is 16.3. The number of nitriles is 1. The number of benzene rings is 2. The maximum absolute atomic E-state index is 14.0. The van der Waals surface area contributed by atoms with Crippen molar-refractivity contribution in [1.82, 2.24) is 5.32 Å². The average molecular weight is 544 g/mol. The van der Waals surface area contributed by atoms with E-state index < -0.39 is 29.3 Å². The number of nitrogens with one attached hydrogen (secondary N) is 1. The van der Waals surface area contributed by atoms with Gasteiger partial charge in [0.05, 0.1) is 25.1 Å². The summed E-state index contributed by atoms with van der Waals surface area (Å²) in [4.78, 5) is 26.5. The van der Waals surface area contributed by atoms with E-state index in [4.69, 9.17) is 27.9 Å². The first-order valence-corrected chi connectivity index (χ1v) is 13.4. The Labute approximate surface area is 230 Å². The van der Waals surface area contributed by atoms with Gasteiger partial charge in [-0.3, -0.25) is 9.59 Å². The fourth-order valence-electron chi connectivity index (χ4n) is 5.60. The molecular weight excluding hydrogens is 507 g/mol. The Balaban J connectivity index is 2.23. The van der Waals surface area contributed by atoms with Gasteiger partial charge >= 0.3 is 5.97 Å². The molecule has 1 fully saturated rings. The number of Topliss-reactive ketones (excluding diaryl/α,β-unsaturated/α-hetero) is 1. The van der Waals surface area contributed by atoms with Crippen LogP contribution in [0, 0.1) is 28.6 Å². The second-order valence-electron chi connectivity index (χ2n) is 11.5. The van der Waals surface area contributed by atoms with E-state index in [1.807, 2.05) is 44.2 Å². The highest BCUT2D eigenvalue weighted by Gasteiger charge is 2.59. The number of ether oxygens (including phenoxy) is 1. The van der Waals surface area contributed by atoms with Crippen LogP contribution in [0.5, 0.6) is 0 Å². The molecule has 7 heteroatoms. The molecule has 2 aromatic rings. The highest BCUT2D eigenvalue weighted by Crippen LogP contribution is 2.52. The standard InChI is InChI=1S/C30H36Cl2N2O3/c1-18(2)23(28(36)37-6)15-24(35)27-26(19-8-7-9-22(32)14-19)30(17-33,20-10-12-21(31)13-11-20)25(34-27)16-29(3,4)5/h7-14,18,23,25-27,34H,15-16H2,1-6H3/t23-,25+,26+,27+,30+/m0/s1. The lowest BCUT2D eigenvalue weighted by molar-refractivity contribution is -0.149. The summed E-state index contributed by atoms with van der Waals surface area (Å²) in [6.45, 7) is 10.2. The summed E-state index contributed by atoms with van der Waals surface area (Å²) in [5.74, 6) is -1.73. The van der Waals surface area contributed by atoms with E-state index in [1.165, 1.54) is 7.11 Å². The summed E-state index contributed by atoms with van der Waals surface area (Å²) >= 11 is 12.6. The molecule has 1 heterocycles. The molecular formula is C30H36Cl2N2O3. The first-order valence-electron chi connectivity index (χ1n) is 12.6. The van der Waals surface area contributed by atoms with Crippen molar-refractivity contribution in [3.05, 3.63) is 69.7 Å². The van der Waals surface area contributed by atoms with Crippen LogP contribution in [0.4, 0.5) is 0 Å². The lowest BCUT2D eigenvalue weighted by Gasteiger charge is -2.37. The second-order valence-corrected chi connectivity index (χ2v) is 12.4. The second kappa shape index (κ2) is 11.6. The van der Waals surface area contributed by atoms with Crippen LogP contribution in [0.25, 0.3) is 0 Å². The number of carbonyl (C=O) groups excluding carboxylic acids is 2. The lowest BCUT2D eigenvalue weighted by Crippen LogP contribution is -2.44. The Bertz CT molecular complexity index is 1170. The van der Waals surface area contributed by atoms with Crippen LogP contribution in [-0.4, -0.2) is 30.9 Å². The zero-order chi connectivity index (χ0) is 27.5. The fourth-order valence-corrected chi connectivity index (χ4v) is 5.92. The molecule has 3 rings (SSSR count). The molecule has 0 unspecified atom stereocenters. The number of methoxy groups -OCH3 is 1. The van der Waals surface area contributed by atoms with Crippen LogP contribution in [0.2, 0.25) is 10.0 Å². The Morgan fingerprint density at radius 3 is 2.27 bits per heavy atom. The van der Waals surface area contributed by atoms with Crippen molar-refractivity contribution in [3.63, 3.8) is 0 Å². The van der Waals surface area contributed by atoms with E-state index >= 15 is 0 Å². The van der Waals surface area contributed by atoms with Crippen LogP contribution in [0.1, 0.15) is 64.5 Å². The van der Waals surface area contributed by atoms with Gasteiger partial charge in [-0.05, 0) is 53.1 Å². The first kappa shape index (κ1) is 29.2. The SMILES string of the molecule is COC(=O)[C@@H](CC(=O)[C@H]1N[C@H](CC(C)(C)C)[C@@](C#N)(c2ccc(Cl)cc2)[C@@H]1c1cccc(Cl)c1)C(C)C. The predicted molar refractivity (Wildman–Crippen MR) is 148 cm³/mol. The van der Waals surface area contributed by atoms with Crippen LogP contribution in [0.3, 0.4) is 0 Å². The maximum atomic E-state index is 14.0. The number of hydrogen-bond acceptors (Lipinski definition) is 5. The molecule has 1 saturated heterocycles. The van der Waals surface area contributed by atoms with Gasteiger partial charge in [-0.15, -0.1) is 0 Å². The van der Waals surface area contributed by atoms with Crippen molar-refractivity contribution in [2.45, 2.75) is 70.9 Å². The van der Waals surface area contributed by atoms with Gasteiger partial charge in [0.25, 0.3) is 0 Å². The molecule has 2 aromatic carbocycles. The van der Waals surface area contributed by atoms with Gasteiger partial charge in [-0.2, -0.15) is 5.26 Å². The van der Waals surface area contributed by atoms with Gasteiger partial charge in [-0.25, -0.2) is 0 Å². The van der Waals surface area contributed by atoms with Gasteiger partial charge in [0, 0.05) is 28.4 Å². The van der Waals surface area contributed by atoms with Crippen molar-refractivity contribution in [2.75, 3.05) is 7.11 Å². The van der Waals surface area contributed by atoms with Crippen molar-refractivity contribution >= 4 is 35.0 Å². The van der Waals surface area contributed by atoms with Crippen LogP contribution in [0.15, 0.2) is 48.5 Å². The lowest BCUT2D eigenvalue weighted by atomic mass is 9.62. The van der Waals surface area contributed by atoms with E-state index in [2.05, 4.69) is 32.2 Å². The van der Waals surface area contributed by atoms with E-state index in [-0.39, 0.29) is 29.6 Å². The normalized spacial score (nSPS) is 24.5. The summed E-state index contributed by atoms with van der Waals surface area (Å²) < 4.78 is 5.00. The van der Waals surface area contributed by atoms with Crippen molar-refractivity contribution in [1.29, 1.82) is 5.26 Å². The summed E-state index contributed by atoms with van der Waals surface area (Å²) in [7, 11) is 1.34. The molecule has 0 radical (unpaired) electrons. The third-order valence-electron chi connectivity index (χ3n) is 7.36. The minimum absolute atomic E-state index is 0.0173. The largest absolute Gasteiger partial charge is 0.469 e. The number of esters is 1. The van der Waals surface area contributed by atoms with Crippen LogP contribution >= 0.6 is 23.2 Å². The molecule has 1 aliphatic rings. The zero-order valence-corrected chi connectivity index (χ0v) is 23.9. The number of ketones is 1. The van der Waals surface area contributed by atoms with Crippen molar-refractivity contribution in [3.8, 4) is 6.07 Å². The van der Waals surface area contributed by atoms with Gasteiger partial charge in [0.2, 0.25) is 0 Å². The molecule has 0 spiro atoms. The molecule has 198 valence electrons. The summed E-state index contributed by atoms with van der Waals surface area (Å²) in [5.41, 5.74) is 0.372. The molecule has 1 N–H and O–H groups in total. The molecule has 0 amide bonds. The topological polar surface area (TPSA) is 79.2 Å². The molecule has 0 saturated carbocycles. The Morgan fingerprint density at radius 2 is 1.76 bits per heavy atom. The van der Waals surface area contributed by atoms with E-state index in [0.717, 1.165) is 11.1 Å². The third-order valence-corrected chi connectivity index (χ3v) is 7.85. The fraction of sp³-hybridized carbons (Fsp3) is 0.500. The van der Waals surface area contributed by atoms with E-state index in [0.29, 0.717) is 16.5 Å². The number of nitrogens with zero attached hydrogens (tertiary/aromatic N) is 1. The minimum Gasteiger partial charge on any atom is -0.469 e. The van der Waals surface area contributed by atoms with Gasteiger partial charge < -0.3 is 10.1 Å². The van der Waals surface area contributed by atoms with Gasteiger partial charge in [0.15, 0.2) is 5.78 Å². The highest BCUT2D eigenvalue weighted by molar-refractivity contribution is 6.30. The highest BCUT2D eigenvalue weighted by atomic mass is 35.5. The van der Waals surface area contributed by atoms with Gasteiger partial charge in [-0.1, -0.05) is 82.1 Å². The number of rotatable bonds is 8. The monoisotopic (exact) mass is 542 g/mol. The van der Waals surface area contributed by atoms with Crippen molar-refractivity contribution in [2.24, 2.45) is 17.3 Å². The van der Waals surface area contributed by atoms with Crippen molar-refractivity contribution < 1.29 is 14.3 Å². The minimum atomic E-state index is -1.08. The molecule has 0 aliphatic carbocycles. The number of hydrogen-bond donors (Lipinski definition) is 1. The maximum Gasteiger partial charge on any atom is 0.309 e. The van der Waals surface area contributed by atoms with Crippen LogP contribution in [-0.2, 0) is 19.7 Å². The molecule has 5 atom stereocenters. The third kappa shape index (κ3) is 6.20. The Hall–Kier alpha value is -2.39. The van der Waals surface area contributed by atoms with E-state index in [9.17, 15) is 14.9 Å². The predicted octanol–water partition coefficient (Wildman–Crippen LogP) is 6.72. The van der Waals surface area contributed by atoms with Gasteiger partial charge in [0.1, 0.15) is 5.41 Å². The summed E-state index contributed by atoms with van der Waals surface area (Å²) in [6.07, 6.45) is 0.665. The molecule has 0 aromatic heterocycles. The average Bonchev–Trinajstić information content (AvgIpc) is 3.15. The molecule has 0 bridgehead atoms. The van der Waals surface area contributed by atoms with E-state index in [1.54, 1.807) is 18.2 Å². The zero-order valence-electron chi connectivity index (χ0n) is 22.3. The molecule has 37 heavy (non-hydrogen) atoms. The number of halogens is 2. The quantitative estimate of drug-likeness (QED) is 0.374. The molecule has 1 aliphatic heterocycles.